The van der Waals surface area contributed by atoms with Gasteiger partial charge in [0.05, 0.1) is 16.4 Å². The minimum Gasteiger partial charge on any atom is -0.457 e. The highest BCUT2D eigenvalue weighted by Gasteiger charge is 2.50. The zero-order valence-electron chi connectivity index (χ0n) is 26.6. The molecule has 0 N–H and O–H groups in total. The van der Waals surface area contributed by atoms with Gasteiger partial charge in [-0.3, -0.25) is 0 Å². The van der Waals surface area contributed by atoms with Gasteiger partial charge in [0.25, 0.3) is 0 Å². The second kappa shape index (κ2) is 9.82. The Balaban J connectivity index is 1.15. The summed E-state index contributed by atoms with van der Waals surface area (Å²) in [6.07, 6.45) is 0. The van der Waals surface area contributed by atoms with Crippen LogP contribution in [0.3, 0.4) is 0 Å². The van der Waals surface area contributed by atoms with Gasteiger partial charge in [-0.25, -0.2) is 0 Å². The SMILES string of the molecule is c1cc(-c2ccc3c(c2)C2(c4ccccc4O3)c3ccccc3-c3ccccc32)cc(-n2c3ccccc3c3c4ccccc4ccc32)c1. The van der Waals surface area contributed by atoms with Crippen molar-refractivity contribution >= 4 is 32.6 Å². The Morgan fingerprint density at radius 2 is 1.06 bits per heavy atom. The number of para-hydroxylation sites is 2. The van der Waals surface area contributed by atoms with E-state index in [2.05, 4.69) is 180 Å². The fraction of sp³-hybridized carbons (Fsp3) is 0.0213. The Labute approximate surface area is 284 Å². The molecule has 0 atom stereocenters. The summed E-state index contributed by atoms with van der Waals surface area (Å²) >= 11 is 0. The van der Waals surface area contributed by atoms with Crippen LogP contribution in [0.1, 0.15) is 22.3 Å². The number of hydrogen-bond donors (Lipinski definition) is 0. The molecule has 11 rings (SSSR count). The van der Waals surface area contributed by atoms with E-state index in [0.29, 0.717) is 0 Å². The lowest BCUT2D eigenvalue weighted by atomic mass is 9.66. The fourth-order valence-corrected chi connectivity index (χ4v) is 8.88. The Morgan fingerprint density at radius 3 is 1.90 bits per heavy atom. The third-order valence-corrected chi connectivity index (χ3v) is 10.8. The molecule has 1 spiro atoms. The van der Waals surface area contributed by atoms with Gasteiger partial charge in [0.1, 0.15) is 11.5 Å². The second-order valence-corrected chi connectivity index (χ2v) is 13.2. The lowest BCUT2D eigenvalue weighted by molar-refractivity contribution is 0.436. The molecule has 9 aromatic rings. The van der Waals surface area contributed by atoms with Gasteiger partial charge in [0, 0.05) is 27.6 Å². The zero-order chi connectivity index (χ0) is 32.1. The van der Waals surface area contributed by atoms with Crippen molar-refractivity contribution in [3.05, 3.63) is 198 Å². The summed E-state index contributed by atoms with van der Waals surface area (Å²) in [4.78, 5) is 0. The number of benzene rings is 8. The van der Waals surface area contributed by atoms with Gasteiger partial charge in [-0.05, 0) is 86.6 Å². The molecule has 1 aromatic heterocycles. The number of hydrogen-bond acceptors (Lipinski definition) is 1. The standard InChI is InChI=1S/C47H29NO/c1-2-15-34-30(12-1)24-26-43-46(34)37-18-5-9-22-42(37)48(43)33-14-11-13-31(28-33)32-25-27-45-41(29-32)47(40-21-8-10-23-44(40)49-45)38-19-6-3-16-35(38)36-17-4-7-20-39(36)47/h1-29H. The van der Waals surface area contributed by atoms with E-state index in [9.17, 15) is 0 Å². The highest BCUT2D eigenvalue weighted by atomic mass is 16.5. The van der Waals surface area contributed by atoms with E-state index in [0.717, 1.165) is 22.7 Å². The summed E-state index contributed by atoms with van der Waals surface area (Å²) in [5.41, 5.74) is 12.9. The molecule has 49 heavy (non-hydrogen) atoms. The minimum absolute atomic E-state index is 0.487. The van der Waals surface area contributed by atoms with Gasteiger partial charge in [-0.15, -0.1) is 0 Å². The lowest BCUT2D eigenvalue weighted by Gasteiger charge is -2.39. The summed E-state index contributed by atoms with van der Waals surface area (Å²) in [5, 5.41) is 5.10. The number of fused-ring (bicyclic) bond motifs is 14. The molecule has 2 aliphatic rings. The predicted molar refractivity (Wildman–Crippen MR) is 201 cm³/mol. The molecule has 228 valence electrons. The zero-order valence-corrected chi connectivity index (χ0v) is 26.6. The topological polar surface area (TPSA) is 14.2 Å². The molecule has 2 nitrogen and oxygen atoms in total. The molecule has 1 aliphatic carbocycles. The summed E-state index contributed by atoms with van der Waals surface area (Å²) < 4.78 is 9.12. The first-order chi connectivity index (χ1) is 24.3. The highest BCUT2D eigenvalue weighted by Crippen LogP contribution is 2.62. The maximum Gasteiger partial charge on any atom is 0.132 e. The van der Waals surface area contributed by atoms with Gasteiger partial charge in [-0.2, -0.15) is 0 Å². The van der Waals surface area contributed by atoms with Crippen LogP contribution >= 0.6 is 0 Å². The normalized spacial score (nSPS) is 13.6. The van der Waals surface area contributed by atoms with Crippen LogP contribution in [0.4, 0.5) is 0 Å². The van der Waals surface area contributed by atoms with Crippen molar-refractivity contribution in [2.45, 2.75) is 5.41 Å². The summed E-state index contributed by atoms with van der Waals surface area (Å²) in [6, 6.07) is 64.1. The quantitative estimate of drug-likeness (QED) is 0.187. The molecule has 8 aromatic carbocycles. The average Bonchev–Trinajstić information content (AvgIpc) is 3.66. The first-order valence-corrected chi connectivity index (χ1v) is 16.9. The van der Waals surface area contributed by atoms with E-state index >= 15 is 0 Å². The van der Waals surface area contributed by atoms with Gasteiger partial charge in [-0.1, -0.05) is 133 Å². The van der Waals surface area contributed by atoms with E-state index in [-0.39, 0.29) is 0 Å². The molecular formula is C47H29NO. The van der Waals surface area contributed by atoms with E-state index in [1.165, 1.54) is 71.5 Å². The molecule has 0 bridgehead atoms. The minimum atomic E-state index is -0.487. The Kier molecular flexibility index (Phi) is 5.34. The lowest BCUT2D eigenvalue weighted by Crippen LogP contribution is -2.32. The van der Waals surface area contributed by atoms with E-state index in [1.807, 2.05) is 0 Å². The fourth-order valence-electron chi connectivity index (χ4n) is 8.88. The molecule has 1 aliphatic heterocycles. The molecular weight excluding hydrogens is 595 g/mol. The van der Waals surface area contributed by atoms with Crippen molar-refractivity contribution in [1.29, 1.82) is 0 Å². The first kappa shape index (κ1) is 26.7. The molecule has 2 heteroatoms. The van der Waals surface area contributed by atoms with Crippen molar-refractivity contribution in [3.8, 4) is 39.4 Å². The molecule has 0 radical (unpaired) electrons. The molecule has 0 fully saturated rings. The van der Waals surface area contributed by atoms with Gasteiger partial charge in [0.15, 0.2) is 0 Å². The first-order valence-electron chi connectivity index (χ1n) is 16.9. The molecule has 0 saturated carbocycles. The largest absolute Gasteiger partial charge is 0.457 e. The molecule has 2 heterocycles. The van der Waals surface area contributed by atoms with Crippen molar-refractivity contribution < 1.29 is 4.74 Å². The van der Waals surface area contributed by atoms with Crippen LogP contribution < -0.4 is 4.74 Å². The molecule has 0 unspecified atom stereocenters. The monoisotopic (exact) mass is 623 g/mol. The average molecular weight is 624 g/mol. The predicted octanol–water partition coefficient (Wildman–Crippen LogP) is 12.1. The van der Waals surface area contributed by atoms with Gasteiger partial charge < -0.3 is 9.30 Å². The molecule has 0 amide bonds. The number of rotatable bonds is 2. The smallest absolute Gasteiger partial charge is 0.132 e. The van der Waals surface area contributed by atoms with E-state index in [1.54, 1.807) is 0 Å². The number of ether oxygens (including phenoxy) is 1. The van der Waals surface area contributed by atoms with Crippen LogP contribution in [0.15, 0.2) is 176 Å². The Bertz CT molecular complexity index is 2770. The second-order valence-electron chi connectivity index (χ2n) is 13.2. The van der Waals surface area contributed by atoms with Crippen molar-refractivity contribution in [1.82, 2.24) is 4.57 Å². The van der Waals surface area contributed by atoms with Crippen LogP contribution in [0.2, 0.25) is 0 Å². The summed E-state index contributed by atoms with van der Waals surface area (Å²) in [5.74, 6) is 1.81. The van der Waals surface area contributed by atoms with Crippen molar-refractivity contribution in [3.63, 3.8) is 0 Å². The van der Waals surface area contributed by atoms with E-state index in [4.69, 9.17) is 4.74 Å². The van der Waals surface area contributed by atoms with Crippen LogP contribution in [0, 0.1) is 0 Å². The highest BCUT2D eigenvalue weighted by molar-refractivity contribution is 6.21. The Hall–Kier alpha value is -6.38. The van der Waals surface area contributed by atoms with Gasteiger partial charge >= 0.3 is 0 Å². The third-order valence-electron chi connectivity index (χ3n) is 10.8. The van der Waals surface area contributed by atoms with Crippen LogP contribution in [0.5, 0.6) is 11.5 Å². The van der Waals surface area contributed by atoms with Crippen LogP contribution in [-0.4, -0.2) is 4.57 Å². The summed E-state index contributed by atoms with van der Waals surface area (Å²) in [6.45, 7) is 0. The number of nitrogens with zero attached hydrogens (tertiary/aromatic N) is 1. The van der Waals surface area contributed by atoms with Gasteiger partial charge in [0.2, 0.25) is 0 Å². The van der Waals surface area contributed by atoms with Crippen molar-refractivity contribution in [2.24, 2.45) is 0 Å². The molecule has 0 saturated heterocycles. The maximum atomic E-state index is 6.70. The Morgan fingerprint density at radius 1 is 0.408 bits per heavy atom. The van der Waals surface area contributed by atoms with Crippen molar-refractivity contribution in [2.75, 3.05) is 0 Å². The third kappa shape index (κ3) is 3.50. The van der Waals surface area contributed by atoms with Crippen LogP contribution in [0.25, 0.3) is 60.5 Å². The summed E-state index contributed by atoms with van der Waals surface area (Å²) in [7, 11) is 0. The van der Waals surface area contributed by atoms with Crippen LogP contribution in [-0.2, 0) is 5.41 Å². The maximum absolute atomic E-state index is 6.70. The van der Waals surface area contributed by atoms with E-state index < -0.39 is 5.41 Å². The number of aromatic nitrogens is 1.